The van der Waals surface area contributed by atoms with E-state index in [1.807, 2.05) is 26.0 Å². The molecule has 0 spiro atoms. The van der Waals surface area contributed by atoms with Crippen molar-refractivity contribution >= 4 is 16.9 Å². The number of hydrogen-bond donors (Lipinski definition) is 1. The third-order valence-electron chi connectivity index (χ3n) is 1.83. The Labute approximate surface area is 94.8 Å². The van der Waals surface area contributed by atoms with Crippen molar-refractivity contribution < 1.29 is 4.74 Å². The molecule has 0 fully saturated rings. The number of aliphatic imine (C=N–C) groups is 1. The van der Waals surface area contributed by atoms with Crippen molar-refractivity contribution in [3.05, 3.63) is 35.5 Å². The van der Waals surface area contributed by atoms with Gasteiger partial charge in [-0.2, -0.15) is 0 Å². The Morgan fingerprint density at radius 1 is 1.73 bits per heavy atom. The van der Waals surface area contributed by atoms with E-state index in [2.05, 4.69) is 11.6 Å². The molecule has 1 aliphatic rings. The number of nitrogens with two attached hydrogens (primary N) is 1. The van der Waals surface area contributed by atoms with Crippen LogP contribution in [0, 0.1) is 0 Å². The number of hydrogen-bond acceptors (Lipinski definition) is 4. The second-order valence-electron chi connectivity index (χ2n) is 3.03. The molecule has 0 saturated heterocycles. The monoisotopic (exact) mass is 224 g/mol. The van der Waals surface area contributed by atoms with Gasteiger partial charge in [-0.15, -0.1) is 0 Å². The van der Waals surface area contributed by atoms with Gasteiger partial charge in [-0.25, -0.2) is 0 Å². The van der Waals surface area contributed by atoms with E-state index in [1.54, 1.807) is 6.08 Å². The third-order valence-corrected chi connectivity index (χ3v) is 2.84. The van der Waals surface area contributed by atoms with E-state index >= 15 is 0 Å². The molecule has 1 atom stereocenters. The number of rotatable bonds is 4. The van der Waals surface area contributed by atoms with Gasteiger partial charge in [0.05, 0.1) is 12.6 Å². The van der Waals surface area contributed by atoms with Gasteiger partial charge in [0.15, 0.2) is 5.17 Å². The highest BCUT2D eigenvalue weighted by molar-refractivity contribution is 8.17. The lowest BCUT2D eigenvalue weighted by Gasteiger charge is -2.06. The molecule has 0 aromatic carbocycles. The smallest absolute Gasteiger partial charge is 0.159 e. The minimum atomic E-state index is 0.128. The van der Waals surface area contributed by atoms with Gasteiger partial charge in [-0.05, 0) is 26.0 Å². The fourth-order valence-electron chi connectivity index (χ4n) is 1.20. The van der Waals surface area contributed by atoms with Crippen LogP contribution in [0.5, 0.6) is 0 Å². The van der Waals surface area contributed by atoms with Crippen LogP contribution in [0.1, 0.15) is 13.8 Å². The first-order valence-electron chi connectivity index (χ1n) is 4.85. The summed E-state index contributed by atoms with van der Waals surface area (Å²) in [6, 6.07) is 0.128. The first-order chi connectivity index (χ1) is 7.17. The van der Waals surface area contributed by atoms with Gasteiger partial charge in [-0.1, -0.05) is 24.4 Å². The minimum Gasteiger partial charge on any atom is -0.494 e. The molecule has 2 N–H and O–H groups in total. The second-order valence-corrected chi connectivity index (χ2v) is 4.12. The van der Waals surface area contributed by atoms with Crippen LogP contribution in [0.25, 0.3) is 0 Å². The summed E-state index contributed by atoms with van der Waals surface area (Å²) in [5.41, 5.74) is 5.63. The van der Waals surface area contributed by atoms with E-state index in [4.69, 9.17) is 10.5 Å². The molecule has 82 valence electrons. The maximum absolute atomic E-state index is 5.63. The summed E-state index contributed by atoms with van der Waals surface area (Å²) in [5.74, 6) is 0.798. The van der Waals surface area contributed by atoms with E-state index in [0.717, 1.165) is 10.7 Å². The summed E-state index contributed by atoms with van der Waals surface area (Å²) < 4.78 is 5.44. The molecule has 0 amide bonds. The van der Waals surface area contributed by atoms with Gasteiger partial charge in [0.25, 0.3) is 0 Å². The van der Waals surface area contributed by atoms with Crippen LogP contribution in [0.4, 0.5) is 0 Å². The summed E-state index contributed by atoms with van der Waals surface area (Å²) in [5, 5.41) is 0.614. The lowest BCUT2D eigenvalue weighted by molar-refractivity contribution is 0.242. The number of thioether (sulfide) groups is 1. The molecular weight excluding hydrogens is 208 g/mol. The van der Waals surface area contributed by atoms with Gasteiger partial charge in [-0.3, -0.25) is 4.99 Å². The Morgan fingerprint density at radius 2 is 2.47 bits per heavy atom. The first-order valence-corrected chi connectivity index (χ1v) is 5.67. The Balaban J connectivity index is 2.77. The molecule has 0 bridgehead atoms. The molecule has 0 saturated carbocycles. The van der Waals surface area contributed by atoms with E-state index in [0.29, 0.717) is 11.8 Å². The predicted octanol–water partition coefficient (Wildman–Crippen LogP) is 2.43. The zero-order valence-corrected chi connectivity index (χ0v) is 9.88. The zero-order valence-electron chi connectivity index (χ0n) is 9.06. The zero-order chi connectivity index (χ0) is 11.3. The highest BCUT2D eigenvalue weighted by atomic mass is 32.2. The second kappa shape index (κ2) is 5.66. The van der Waals surface area contributed by atoms with Gasteiger partial charge in [0.2, 0.25) is 0 Å². The van der Waals surface area contributed by atoms with Crippen molar-refractivity contribution in [2.45, 2.75) is 19.9 Å². The standard InChI is InChI=1S/C11H16N2OS/c1-4-6-9(14-5-2)7-10-8(3)13-11(12)15-10/h4,6-8H,1,5H2,2-3H3,(H2,12,13)/b9-6+,10-7+. The van der Waals surface area contributed by atoms with Crippen molar-refractivity contribution in [1.82, 2.24) is 0 Å². The molecule has 1 rings (SSSR count). The van der Waals surface area contributed by atoms with E-state index in [-0.39, 0.29) is 6.04 Å². The van der Waals surface area contributed by atoms with E-state index < -0.39 is 0 Å². The molecule has 1 heterocycles. The Kier molecular flexibility index (Phi) is 4.49. The van der Waals surface area contributed by atoms with Crippen LogP contribution < -0.4 is 5.73 Å². The van der Waals surface area contributed by atoms with Crippen LogP contribution in [-0.4, -0.2) is 17.8 Å². The van der Waals surface area contributed by atoms with E-state index in [1.165, 1.54) is 11.8 Å². The van der Waals surface area contributed by atoms with Crippen LogP contribution in [-0.2, 0) is 4.74 Å². The highest BCUT2D eigenvalue weighted by Gasteiger charge is 2.18. The molecule has 3 nitrogen and oxygen atoms in total. The quantitative estimate of drug-likeness (QED) is 0.589. The molecule has 15 heavy (non-hydrogen) atoms. The van der Waals surface area contributed by atoms with Crippen molar-refractivity contribution in [3.63, 3.8) is 0 Å². The molecule has 0 radical (unpaired) electrons. The van der Waals surface area contributed by atoms with Crippen LogP contribution in [0.3, 0.4) is 0 Å². The topological polar surface area (TPSA) is 47.6 Å². The summed E-state index contributed by atoms with van der Waals surface area (Å²) in [4.78, 5) is 5.33. The highest BCUT2D eigenvalue weighted by Crippen LogP contribution is 2.29. The van der Waals surface area contributed by atoms with Gasteiger partial charge < -0.3 is 10.5 Å². The lowest BCUT2D eigenvalue weighted by Crippen LogP contribution is -2.01. The maximum atomic E-state index is 5.63. The molecule has 0 aromatic rings. The normalized spacial score (nSPS) is 24.1. The SMILES string of the molecule is C=C/C=C(\C=C1\SC(N)=NC1C)OCC. The molecule has 0 aromatic heterocycles. The van der Waals surface area contributed by atoms with E-state index in [9.17, 15) is 0 Å². The molecule has 1 unspecified atom stereocenters. The third kappa shape index (κ3) is 3.47. The lowest BCUT2D eigenvalue weighted by atomic mass is 10.3. The summed E-state index contributed by atoms with van der Waals surface area (Å²) in [6.45, 7) is 8.24. The van der Waals surface area contributed by atoms with Crippen molar-refractivity contribution in [1.29, 1.82) is 0 Å². The molecule has 0 aliphatic carbocycles. The van der Waals surface area contributed by atoms with Gasteiger partial charge >= 0.3 is 0 Å². The number of allylic oxidation sites excluding steroid dienone is 3. The van der Waals surface area contributed by atoms with Crippen molar-refractivity contribution in [2.75, 3.05) is 6.61 Å². The number of amidine groups is 1. The van der Waals surface area contributed by atoms with Crippen molar-refractivity contribution in [2.24, 2.45) is 10.7 Å². The Bertz CT molecular complexity index is 331. The number of ether oxygens (including phenoxy) is 1. The van der Waals surface area contributed by atoms with Gasteiger partial charge in [0.1, 0.15) is 5.76 Å². The molecule has 4 heteroatoms. The average molecular weight is 224 g/mol. The summed E-state index contributed by atoms with van der Waals surface area (Å²) in [6.07, 6.45) is 5.50. The largest absolute Gasteiger partial charge is 0.494 e. The fourth-order valence-corrected chi connectivity index (χ4v) is 2.05. The van der Waals surface area contributed by atoms with Crippen LogP contribution >= 0.6 is 11.8 Å². The van der Waals surface area contributed by atoms with Crippen LogP contribution in [0.15, 0.2) is 40.5 Å². The minimum absolute atomic E-state index is 0.128. The first kappa shape index (κ1) is 11.9. The predicted molar refractivity (Wildman–Crippen MR) is 66.7 cm³/mol. The van der Waals surface area contributed by atoms with Crippen LogP contribution in [0.2, 0.25) is 0 Å². The Hall–Kier alpha value is -1.16. The average Bonchev–Trinajstić information content (AvgIpc) is 2.46. The number of nitrogens with zero attached hydrogens (tertiary/aromatic N) is 1. The fraction of sp³-hybridized carbons (Fsp3) is 0.364. The molecule has 1 aliphatic heterocycles. The van der Waals surface area contributed by atoms with Crippen molar-refractivity contribution in [3.8, 4) is 0 Å². The Morgan fingerprint density at radius 3 is 2.93 bits per heavy atom. The van der Waals surface area contributed by atoms with Gasteiger partial charge in [0, 0.05) is 4.91 Å². The molecular formula is C11H16N2OS. The summed E-state index contributed by atoms with van der Waals surface area (Å²) >= 11 is 1.49. The summed E-state index contributed by atoms with van der Waals surface area (Å²) in [7, 11) is 0. The maximum Gasteiger partial charge on any atom is 0.159 e.